The number of rotatable bonds is 8. The van der Waals surface area contributed by atoms with Crippen molar-refractivity contribution in [2.45, 2.75) is 38.8 Å². The SMILES string of the molecule is CCOCCCNC(=O)[C@@H]1CCC(=O)N1Cc1cccs1. The first-order valence-corrected chi connectivity index (χ1v) is 8.27. The number of hydrogen-bond acceptors (Lipinski definition) is 4. The molecule has 5 nitrogen and oxygen atoms in total. The Balaban J connectivity index is 1.82. The van der Waals surface area contributed by atoms with Crippen LogP contribution in [0.4, 0.5) is 0 Å². The molecule has 2 heterocycles. The lowest BCUT2D eigenvalue weighted by molar-refractivity contribution is -0.135. The van der Waals surface area contributed by atoms with Crippen molar-refractivity contribution in [1.29, 1.82) is 0 Å². The average molecular weight is 310 g/mol. The van der Waals surface area contributed by atoms with Crippen molar-refractivity contribution in [2.24, 2.45) is 0 Å². The average Bonchev–Trinajstić information content (AvgIpc) is 3.10. The predicted octanol–water partition coefficient (Wildman–Crippen LogP) is 1.78. The molecular weight excluding hydrogens is 288 g/mol. The molecule has 1 N–H and O–H groups in total. The van der Waals surface area contributed by atoms with Crippen molar-refractivity contribution >= 4 is 23.2 Å². The van der Waals surface area contributed by atoms with Crippen LogP contribution in [0.2, 0.25) is 0 Å². The van der Waals surface area contributed by atoms with Crippen LogP contribution in [0.5, 0.6) is 0 Å². The van der Waals surface area contributed by atoms with Gasteiger partial charge in [-0.15, -0.1) is 11.3 Å². The Morgan fingerprint density at radius 2 is 2.43 bits per heavy atom. The largest absolute Gasteiger partial charge is 0.382 e. The van der Waals surface area contributed by atoms with Crippen molar-refractivity contribution in [2.75, 3.05) is 19.8 Å². The molecule has 1 saturated heterocycles. The number of ether oxygens (including phenoxy) is 1. The Morgan fingerprint density at radius 3 is 3.14 bits per heavy atom. The Bertz CT molecular complexity index is 461. The molecule has 0 spiro atoms. The molecule has 1 aliphatic rings. The smallest absolute Gasteiger partial charge is 0.242 e. The van der Waals surface area contributed by atoms with Crippen LogP contribution in [-0.4, -0.2) is 42.5 Å². The van der Waals surface area contributed by atoms with E-state index in [-0.39, 0.29) is 17.9 Å². The summed E-state index contributed by atoms with van der Waals surface area (Å²) in [5, 5.41) is 4.89. The molecule has 2 amide bonds. The Hall–Kier alpha value is -1.40. The fourth-order valence-corrected chi connectivity index (χ4v) is 3.13. The normalized spacial score (nSPS) is 18.2. The lowest BCUT2D eigenvalue weighted by atomic mass is 10.2. The van der Waals surface area contributed by atoms with Crippen molar-refractivity contribution in [3.8, 4) is 0 Å². The molecule has 6 heteroatoms. The maximum atomic E-state index is 12.2. The van der Waals surface area contributed by atoms with Crippen molar-refractivity contribution in [3.63, 3.8) is 0 Å². The Labute approximate surface area is 129 Å². The van der Waals surface area contributed by atoms with Crippen LogP contribution in [0, 0.1) is 0 Å². The molecule has 1 atom stereocenters. The molecule has 0 saturated carbocycles. The van der Waals surface area contributed by atoms with Crippen LogP contribution in [0.3, 0.4) is 0 Å². The lowest BCUT2D eigenvalue weighted by Crippen LogP contribution is -2.44. The fraction of sp³-hybridized carbons (Fsp3) is 0.600. The highest BCUT2D eigenvalue weighted by Gasteiger charge is 2.35. The third-order valence-corrected chi connectivity index (χ3v) is 4.37. The maximum absolute atomic E-state index is 12.2. The van der Waals surface area contributed by atoms with Gasteiger partial charge in [-0.2, -0.15) is 0 Å². The molecule has 116 valence electrons. The van der Waals surface area contributed by atoms with Gasteiger partial charge >= 0.3 is 0 Å². The zero-order chi connectivity index (χ0) is 15.1. The first-order valence-electron chi connectivity index (χ1n) is 7.39. The van der Waals surface area contributed by atoms with Gasteiger partial charge in [0.15, 0.2) is 0 Å². The van der Waals surface area contributed by atoms with Gasteiger partial charge in [-0.1, -0.05) is 6.07 Å². The van der Waals surface area contributed by atoms with E-state index in [1.165, 1.54) is 0 Å². The molecule has 0 unspecified atom stereocenters. The number of thiophene rings is 1. The second-order valence-corrected chi connectivity index (χ2v) is 6.03. The van der Waals surface area contributed by atoms with Gasteiger partial charge in [0, 0.05) is 31.1 Å². The van der Waals surface area contributed by atoms with E-state index >= 15 is 0 Å². The summed E-state index contributed by atoms with van der Waals surface area (Å²) in [5.41, 5.74) is 0. The highest BCUT2D eigenvalue weighted by Crippen LogP contribution is 2.23. The summed E-state index contributed by atoms with van der Waals surface area (Å²) in [4.78, 5) is 27.0. The van der Waals surface area contributed by atoms with Crippen LogP contribution in [0.15, 0.2) is 17.5 Å². The van der Waals surface area contributed by atoms with E-state index in [4.69, 9.17) is 4.74 Å². The van der Waals surface area contributed by atoms with Gasteiger partial charge in [0.2, 0.25) is 11.8 Å². The number of carbonyl (C=O) groups excluding carboxylic acids is 2. The van der Waals surface area contributed by atoms with Crippen molar-refractivity contribution in [1.82, 2.24) is 10.2 Å². The summed E-state index contributed by atoms with van der Waals surface area (Å²) in [7, 11) is 0. The Morgan fingerprint density at radius 1 is 1.57 bits per heavy atom. The molecule has 0 aliphatic carbocycles. The van der Waals surface area contributed by atoms with E-state index in [2.05, 4.69) is 5.32 Å². The number of nitrogens with zero attached hydrogens (tertiary/aromatic N) is 1. The van der Waals surface area contributed by atoms with E-state index in [0.717, 1.165) is 11.3 Å². The molecular formula is C15H22N2O3S. The minimum atomic E-state index is -0.327. The lowest BCUT2D eigenvalue weighted by Gasteiger charge is -2.23. The van der Waals surface area contributed by atoms with Gasteiger partial charge in [-0.3, -0.25) is 9.59 Å². The van der Waals surface area contributed by atoms with Gasteiger partial charge in [0.1, 0.15) is 6.04 Å². The maximum Gasteiger partial charge on any atom is 0.242 e. The van der Waals surface area contributed by atoms with E-state index in [1.54, 1.807) is 16.2 Å². The quantitative estimate of drug-likeness (QED) is 0.745. The molecule has 0 radical (unpaired) electrons. The fourth-order valence-electron chi connectivity index (χ4n) is 2.42. The summed E-state index contributed by atoms with van der Waals surface area (Å²) in [6, 6.07) is 3.63. The first-order chi connectivity index (χ1) is 10.2. The van der Waals surface area contributed by atoms with Gasteiger partial charge < -0.3 is 15.0 Å². The highest BCUT2D eigenvalue weighted by molar-refractivity contribution is 7.09. The number of hydrogen-bond donors (Lipinski definition) is 1. The summed E-state index contributed by atoms with van der Waals surface area (Å²) in [5.74, 6) is 0.0202. The van der Waals surface area contributed by atoms with E-state index in [9.17, 15) is 9.59 Å². The number of nitrogens with one attached hydrogen (secondary N) is 1. The van der Waals surface area contributed by atoms with Crippen LogP contribution in [0.25, 0.3) is 0 Å². The third kappa shape index (κ3) is 4.54. The monoisotopic (exact) mass is 310 g/mol. The summed E-state index contributed by atoms with van der Waals surface area (Å²) >= 11 is 1.61. The molecule has 2 rings (SSSR count). The third-order valence-electron chi connectivity index (χ3n) is 3.51. The summed E-state index contributed by atoms with van der Waals surface area (Å²) in [6.07, 6.45) is 1.87. The second kappa shape index (κ2) is 8.14. The molecule has 1 aromatic heterocycles. The molecule has 1 fully saturated rings. The van der Waals surface area contributed by atoms with Crippen molar-refractivity contribution in [3.05, 3.63) is 22.4 Å². The Kier molecular flexibility index (Phi) is 6.20. The van der Waals surface area contributed by atoms with E-state index < -0.39 is 0 Å². The minimum absolute atomic E-state index is 0.0473. The molecule has 21 heavy (non-hydrogen) atoms. The zero-order valence-corrected chi connectivity index (χ0v) is 13.2. The standard InChI is InChI=1S/C15H22N2O3S/c1-2-20-9-4-8-16-15(19)13-6-7-14(18)17(13)11-12-5-3-10-21-12/h3,5,10,13H,2,4,6-9,11H2,1H3,(H,16,19)/t13-/m0/s1. The number of amides is 2. The molecule has 1 aliphatic heterocycles. The first kappa shape index (κ1) is 16.0. The van der Waals surface area contributed by atoms with Crippen LogP contribution >= 0.6 is 11.3 Å². The summed E-state index contributed by atoms with van der Waals surface area (Å²) < 4.78 is 5.23. The van der Waals surface area contributed by atoms with Crippen molar-refractivity contribution < 1.29 is 14.3 Å². The molecule has 0 aromatic carbocycles. The van der Waals surface area contributed by atoms with Gasteiger partial charge in [-0.25, -0.2) is 0 Å². The van der Waals surface area contributed by atoms with E-state index in [1.807, 2.05) is 24.4 Å². The second-order valence-electron chi connectivity index (χ2n) is 5.00. The molecule has 0 bridgehead atoms. The van der Waals surface area contributed by atoms with Gasteiger partial charge in [0.05, 0.1) is 6.54 Å². The predicted molar refractivity (Wildman–Crippen MR) is 82.0 cm³/mol. The van der Waals surface area contributed by atoms with Gasteiger partial charge in [-0.05, 0) is 31.2 Å². The van der Waals surface area contributed by atoms with Crippen LogP contribution < -0.4 is 5.32 Å². The topological polar surface area (TPSA) is 58.6 Å². The van der Waals surface area contributed by atoms with E-state index in [0.29, 0.717) is 39.1 Å². The number of likely N-dealkylation sites (tertiary alicyclic amines) is 1. The highest BCUT2D eigenvalue weighted by atomic mass is 32.1. The minimum Gasteiger partial charge on any atom is -0.382 e. The van der Waals surface area contributed by atoms with Gasteiger partial charge in [0.25, 0.3) is 0 Å². The number of carbonyl (C=O) groups is 2. The van der Waals surface area contributed by atoms with Crippen LogP contribution in [0.1, 0.15) is 31.1 Å². The summed E-state index contributed by atoms with van der Waals surface area (Å²) in [6.45, 7) is 4.42. The molecule has 1 aromatic rings. The zero-order valence-electron chi connectivity index (χ0n) is 12.3. The van der Waals surface area contributed by atoms with Crippen LogP contribution in [-0.2, 0) is 20.9 Å².